The van der Waals surface area contributed by atoms with Gasteiger partial charge < -0.3 is 19.0 Å². The zero-order valence-electron chi connectivity index (χ0n) is 14.6. The van der Waals surface area contributed by atoms with E-state index in [1.807, 2.05) is 42.1 Å². The molecule has 2 saturated heterocycles. The lowest BCUT2D eigenvalue weighted by Gasteiger charge is -2.52. The number of aryl methyl sites for hydroxylation is 1. The van der Waals surface area contributed by atoms with Gasteiger partial charge >= 0.3 is 0 Å². The van der Waals surface area contributed by atoms with Crippen LogP contribution in [0, 0.1) is 5.92 Å². The van der Waals surface area contributed by atoms with E-state index in [1.165, 1.54) is 0 Å². The highest BCUT2D eigenvalue weighted by molar-refractivity contribution is 5.92. The number of hydrogen-bond acceptors (Lipinski definition) is 4. The summed E-state index contributed by atoms with van der Waals surface area (Å²) >= 11 is 0. The molecule has 1 amide bonds. The van der Waals surface area contributed by atoms with E-state index in [4.69, 9.17) is 9.15 Å². The molecular weight excluding hydrogens is 318 g/mol. The van der Waals surface area contributed by atoms with Crippen LogP contribution < -0.4 is 5.32 Å². The van der Waals surface area contributed by atoms with E-state index in [0.29, 0.717) is 18.2 Å². The van der Waals surface area contributed by atoms with E-state index >= 15 is 0 Å². The van der Waals surface area contributed by atoms with Gasteiger partial charge in [0.05, 0.1) is 25.0 Å². The third-order valence-electron chi connectivity index (χ3n) is 5.34. The van der Waals surface area contributed by atoms with Gasteiger partial charge in [-0.3, -0.25) is 9.69 Å². The molecule has 6 nitrogen and oxygen atoms in total. The lowest BCUT2D eigenvalue weighted by atomic mass is 9.83. The number of ether oxygens (including phenoxy) is 1. The summed E-state index contributed by atoms with van der Waals surface area (Å²) in [7, 11) is 1.88. The molecule has 4 rings (SSSR count). The van der Waals surface area contributed by atoms with Crippen LogP contribution in [0.15, 0.2) is 41.1 Å². The van der Waals surface area contributed by atoms with Crippen LogP contribution in [0.25, 0.3) is 0 Å². The number of aromatic nitrogens is 1. The van der Waals surface area contributed by atoms with Gasteiger partial charge in [0.25, 0.3) is 5.91 Å². The van der Waals surface area contributed by atoms with Gasteiger partial charge in [0.15, 0.2) is 0 Å². The number of rotatable bonds is 5. The number of amides is 1. The fourth-order valence-corrected chi connectivity index (χ4v) is 3.86. The normalized spacial score (nSPS) is 22.7. The Kier molecular flexibility index (Phi) is 4.39. The Bertz CT molecular complexity index is 706. The van der Waals surface area contributed by atoms with Crippen LogP contribution in [0.1, 0.15) is 29.1 Å². The smallest absolute Gasteiger partial charge is 0.267 e. The molecule has 1 N–H and O–H groups in total. The van der Waals surface area contributed by atoms with Crippen molar-refractivity contribution in [2.75, 3.05) is 26.2 Å². The molecular formula is C19H25N3O3. The molecule has 2 aliphatic heterocycles. The molecule has 2 aromatic rings. The molecule has 134 valence electrons. The summed E-state index contributed by atoms with van der Waals surface area (Å²) < 4.78 is 13.4. The zero-order valence-corrected chi connectivity index (χ0v) is 14.6. The fraction of sp³-hybridized carbons (Fsp3) is 0.526. The Hall–Kier alpha value is -2.05. The molecule has 2 aromatic heterocycles. The highest BCUT2D eigenvalue weighted by Gasteiger charge is 2.46. The number of carbonyl (C=O) groups excluding carboxylic acids is 1. The average molecular weight is 343 g/mol. The first kappa shape index (κ1) is 16.4. The molecule has 0 aliphatic carbocycles. The Balaban J connectivity index is 1.19. The number of nitrogens with zero attached hydrogens (tertiary/aromatic N) is 2. The predicted molar refractivity (Wildman–Crippen MR) is 93.1 cm³/mol. The lowest BCUT2D eigenvalue weighted by molar-refractivity contribution is -0.182. The van der Waals surface area contributed by atoms with Gasteiger partial charge in [0, 0.05) is 32.9 Å². The zero-order chi connectivity index (χ0) is 17.3. The molecule has 25 heavy (non-hydrogen) atoms. The van der Waals surface area contributed by atoms with Crippen molar-refractivity contribution >= 4 is 5.91 Å². The number of carbonyl (C=O) groups is 1. The van der Waals surface area contributed by atoms with Crippen LogP contribution in [0.3, 0.4) is 0 Å². The van der Waals surface area contributed by atoms with Crippen molar-refractivity contribution < 1.29 is 13.9 Å². The van der Waals surface area contributed by atoms with Crippen LogP contribution in [0.5, 0.6) is 0 Å². The van der Waals surface area contributed by atoms with Gasteiger partial charge in [-0.05, 0) is 43.0 Å². The Morgan fingerprint density at radius 1 is 1.36 bits per heavy atom. The third-order valence-corrected chi connectivity index (χ3v) is 5.34. The molecule has 1 spiro atoms. The Morgan fingerprint density at radius 3 is 2.88 bits per heavy atom. The predicted octanol–water partition coefficient (Wildman–Crippen LogP) is 2.03. The molecule has 0 saturated carbocycles. The second-order valence-corrected chi connectivity index (χ2v) is 7.34. The number of nitrogens with one attached hydrogen (secondary N) is 1. The second kappa shape index (κ2) is 6.69. The van der Waals surface area contributed by atoms with Gasteiger partial charge in [-0.25, -0.2) is 0 Å². The van der Waals surface area contributed by atoms with Crippen molar-refractivity contribution in [1.29, 1.82) is 0 Å². The second-order valence-electron chi connectivity index (χ2n) is 7.34. The molecule has 2 aliphatic rings. The van der Waals surface area contributed by atoms with Gasteiger partial charge in [0.1, 0.15) is 11.5 Å². The third kappa shape index (κ3) is 3.50. The van der Waals surface area contributed by atoms with Crippen molar-refractivity contribution in [1.82, 2.24) is 14.8 Å². The summed E-state index contributed by atoms with van der Waals surface area (Å²) in [5.74, 6) is 1.39. The molecule has 0 aromatic carbocycles. The minimum Gasteiger partial charge on any atom is -0.468 e. The summed E-state index contributed by atoms with van der Waals surface area (Å²) in [5.41, 5.74) is 0.714. The molecule has 0 bridgehead atoms. The molecule has 1 atom stereocenters. The number of furan rings is 1. The van der Waals surface area contributed by atoms with Crippen LogP contribution in [0.2, 0.25) is 0 Å². The largest absolute Gasteiger partial charge is 0.468 e. The number of likely N-dealkylation sites (tertiary alicyclic amines) is 1. The summed E-state index contributed by atoms with van der Waals surface area (Å²) in [6, 6.07) is 7.66. The lowest BCUT2D eigenvalue weighted by Crippen LogP contribution is -2.64. The number of hydrogen-bond donors (Lipinski definition) is 1. The summed E-state index contributed by atoms with van der Waals surface area (Å²) in [6.45, 7) is 4.19. The van der Waals surface area contributed by atoms with Gasteiger partial charge in [0.2, 0.25) is 0 Å². The average Bonchev–Trinajstić information content (AvgIpc) is 3.24. The van der Waals surface area contributed by atoms with E-state index in [2.05, 4.69) is 10.2 Å². The van der Waals surface area contributed by atoms with Crippen LogP contribution >= 0.6 is 0 Å². The first-order valence-corrected chi connectivity index (χ1v) is 8.92. The van der Waals surface area contributed by atoms with Crippen LogP contribution in [-0.4, -0.2) is 47.2 Å². The summed E-state index contributed by atoms with van der Waals surface area (Å²) in [6.07, 6.45) is 5.76. The van der Waals surface area contributed by atoms with Crippen molar-refractivity contribution in [3.63, 3.8) is 0 Å². The standard InChI is InChI=1S/C19H25N3O3/c1-21-8-2-5-17(21)18(23)20-10-15-6-7-19(25-12-15)13-22(14-19)11-16-4-3-9-24-16/h2-5,8-9,15H,6-7,10-14H2,1H3,(H,20,23)/t15-/m1/s1. The van der Waals surface area contributed by atoms with Crippen molar-refractivity contribution in [2.45, 2.75) is 25.0 Å². The maximum absolute atomic E-state index is 12.2. The topological polar surface area (TPSA) is 59.6 Å². The SMILES string of the molecule is Cn1cccc1C(=O)NC[C@H]1CCC2(CN(Cc3ccco3)C2)OC1. The summed E-state index contributed by atoms with van der Waals surface area (Å²) in [4.78, 5) is 14.5. The van der Waals surface area contributed by atoms with Crippen molar-refractivity contribution in [3.8, 4) is 0 Å². The first-order valence-electron chi connectivity index (χ1n) is 8.92. The molecule has 2 fully saturated rings. The minimum absolute atomic E-state index is 0.0129. The molecule has 0 radical (unpaired) electrons. The molecule has 4 heterocycles. The van der Waals surface area contributed by atoms with E-state index in [1.54, 1.807) is 6.26 Å². The Morgan fingerprint density at radius 2 is 2.24 bits per heavy atom. The van der Waals surface area contributed by atoms with Gasteiger partial charge in [-0.1, -0.05) is 0 Å². The quantitative estimate of drug-likeness (QED) is 0.902. The van der Waals surface area contributed by atoms with E-state index in [9.17, 15) is 4.79 Å². The fourth-order valence-electron chi connectivity index (χ4n) is 3.86. The first-order chi connectivity index (χ1) is 12.1. The van der Waals surface area contributed by atoms with Crippen LogP contribution in [-0.2, 0) is 18.3 Å². The van der Waals surface area contributed by atoms with Crippen molar-refractivity contribution in [3.05, 3.63) is 48.2 Å². The monoisotopic (exact) mass is 343 g/mol. The Labute approximate surface area is 147 Å². The van der Waals surface area contributed by atoms with E-state index < -0.39 is 0 Å². The maximum atomic E-state index is 12.2. The molecule has 6 heteroatoms. The van der Waals surface area contributed by atoms with Gasteiger partial charge in [-0.15, -0.1) is 0 Å². The highest BCUT2D eigenvalue weighted by atomic mass is 16.5. The van der Waals surface area contributed by atoms with E-state index in [-0.39, 0.29) is 11.5 Å². The maximum Gasteiger partial charge on any atom is 0.267 e. The van der Waals surface area contributed by atoms with Crippen LogP contribution in [0.4, 0.5) is 0 Å². The van der Waals surface area contributed by atoms with Crippen molar-refractivity contribution in [2.24, 2.45) is 13.0 Å². The van der Waals surface area contributed by atoms with E-state index in [0.717, 1.165) is 44.8 Å². The highest BCUT2D eigenvalue weighted by Crippen LogP contribution is 2.36. The molecule has 0 unspecified atom stereocenters. The van der Waals surface area contributed by atoms with Gasteiger partial charge in [-0.2, -0.15) is 0 Å². The summed E-state index contributed by atoms with van der Waals surface area (Å²) in [5, 5.41) is 3.03. The minimum atomic E-state index is -0.0129.